The summed E-state index contributed by atoms with van der Waals surface area (Å²) in [7, 11) is 0. The van der Waals surface area contributed by atoms with E-state index in [-0.39, 0.29) is 0 Å². The van der Waals surface area contributed by atoms with Crippen molar-refractivity contribution >= 4 is 0 Å². The molecule has 0 aliphatic carbocycles. The predicted molar refractivity (Wildman–Crippen MR) is 186 cm³/mol. The zero-order valence-corrected chi connectivity index (χ0v) is 29.0. The second-order valence-electron chi connectivity index (χ2n) is 13.6. The van der Waals surface area contributed by atoms with E-state index in [2.05, 4.69) is 43.0 Å². The molecule has 0 bridgehead atoms. The van der Waals surface area contributed by atoms with Crippen molar-refractivity contribution in [2.75, 3.05) is 13.1 Å². The Bertz CT molecular complexity index is 530. The molecule has 1 heterocycles. The van der Waals surface area contributed by atoms with E-state index in [1.165, 1.54) is 212 Å². The van der Waals surface area contributed by atoms with Crippen LogP contribution in [0.5, 0.6) is 0 Å². The number of hydrogen-bond donors (Lipinski definition) is 0. The smallest absolute Gasteiger partial charge is 0.101 e. The van der Waals surface area contributed by atoms with Crippen LogP contribution < -0.4 is 0 Å². The standard InChI is InChI=1S/C39H78N2/c1-4-7-10-13-15-17-19-20-21-22-23-25-27-30-33-36-41-38-37-40(35-32-29-12-9-6-3)39(41)34-31-28-26-24-18-16-14-11-8-5-2/h37-39H,4-36H2,1-3H3. The highest BCUT2D eigenvalue weighted by atomic mass is 15.4. The lowest BCUT2D eigenvalue weighted by Gasteiger charge is -2.33. The molecule has 244 valence electrons. The van der Waals surface area contributed by atoms with Gasteiger partial charge in [-0.05, 0) is 25.7 Å². The summed E-state index contributed by atoms with van der Waals surface area (Å²) in [4.78, 5) is 5.41. The van der Waals surface area contributed by atoms with Crippen molar-refractivity contribution in [1.29, 1.82) is 0 Å². The van der Waals surface area contributed by atoms with E-state index in [1.54, 1.807) is 0 Å². The van der Waals surface area contributed by atoms with Crippen molar-refractivity contribution in [1.82, 2.24) is 9.80 Å². The van der Waals surface area contributed by atoms with Gasteiger partial charge in [-0.3, -0.25) is 0 Å². The molecule has 0 aromatic carbocycles. The Morgan fingerprint density at radius 1 is 0.317 bits per heavy atom. The van der Waals surface area contributed by atoms with Crippen molar-refractivity contribution in [3.05, 3.63) is 12.4 Å². The summed E-state index contributed by atoms with van der Waals surface area (Å²) in [5.74, 6) is 0. The highest BCUT2D eigenvalue weighted by Gasteiger charge is 2.24. The van der Waals surface area contributed by atoms with Crippen LogP contribution in [0.25, 0.3) is 0 Å². The van der Waals surface area contributed by atoms with E-state index in [4.69, 9.17) is 0 Å². The third-order valence-corrected chi connectivity index (χ3v) is 9.57. The van der Waals surface area contributed by atoms with Crippen LogP contribution in [0.4, 0.5) is 0 Å². The predicted octanol–water partition coefficient (Wildman–Crippen LogP) is 13.6. The monoisotopic (exact) mass is 575 g/mol. The molecule has 1 aliphatic heterocycles. The molecule has 41 heavy (non-hydrogen) atoms. The van der Waals surface area contributed by atoms with Gasteiger partial charge >= 0.3 is 0 Å². The maximum absolute atomic E-state index is 2.71. The van der Waals surface area contributed by atoms with Gasteiger partial charge in [0.25, 0.3) is 0 Å². The van der Waals surface area contributed by atoms with Crippen LogP contribution in [0.1, 0.15) is 220 Å². The van der Waals surface area contributed by atoms with Crippen molar-refractivity contribution < 1.29 is 0 Å². The molecule has 2 heteroatoms. The van der Waals surface area contributed by atoms with Crippen molar-refractivity contribution in [3.63, 3.8) is 0 Å². The first-order valence-electron chi connectivity index (χ1n) is 19.5. The third-order valence-electron chi connectivity index (χ3n) is 9.57. The van der Waals surface area contributed by atoms with Gasteiger partial charge in [0, 0.05) is 25.5 Å². The topological polar surface area (TPSA) is 6.48 Å². The fraction of sp³-hybridized carbons (Fsp3) is 0.949. The van der Waals surface area contributed by atoms with Gasteiger partial charge in [0.15, 0.2) is 0 Å². The number of unbranched alkanes of at least 4 members (excludes halogenated alkanes) is 27. The minimum atomic E-state index is 0.641. The normalized spacial score (nSPS) is 15.0. The van der Waals surface area contributed by atoms with E-state index in [0.29, 0.717) is 6.17 Å². The van der Waals surface area contributed by atoms with E-state index in [9.17, 15) is 0 Å². The van der Waals surface area contributed by atoms with Gasteiger partial charge in [0.05, 0.1) is 0 Å². The molecular formula is C39H78N2. The number of nitrogens with zero attached hydrogens (tertiary/aromatic N) is 2. The lowest BCUT2D eigenvalue weighted by atomic mass is 10.0. The molecule has 0 aromatic rings. The van der Waals surface area contributed by atoms with Crippen LogP contribution in [0.2, 0.25) is 0 Å². The molecule has 1 atom stereocenters. The molecule has 0 aromatic heterocycles. The largest absolute Gasteiger partial charge is 0.356 e. The minimum absolute atomic E-state index is 0.641. The van der Waals surface area contributed by atoms with E-state index in [0.717, 1.165) is 0 Å². The molecule has 1 rings (SSSR count). The first-order chi connectivity index (χ1) is 20.3. The highest BCUT2D eigenvalue weighted by molar-refractivity contribution is 4.97. The molecular weight excluding hydrogens is 496 g/mol. The Labute approximate surface area is 260 Å². The van der Waals surface area contributed by atoms with Gasteiger partial charge in [-0.2, -0.15) is 0 Å². The number of rotatable bonds is 33. The van der Waals surface area contributed by atoms with Crippen LogP contribution in [-0.4, -0.2) is 29.1 Å². The van der Waals surface area contributed by atoms with Crippen LogP contribution in [0.3, 0.4) is 0 Å². The van der Waals surface area contributed by atoms with E-state index in [1.807, 2.05) is 0 Å². The van der Waals surface area contributed by atoms with Crippen LogP contribution in [-0.2, 0) is 0 Å². The van der Waals surface area contributed by atoms with Crippen molar-refractivity contribution in [2.45, 2.75) is 226 Å². The second kappa shape index (κ2) is 30.8. The fourth-order valence-corrected chi connectivity index (χ4v) is 6.72. The number of hydrogen-bond acceptors (Lipinski definition) is 2. The Kier molecular flexibility index (Phi) is 28.8. The molecule has 0 saturated carbocycles. The zero-order chi connectivity index (χ0) is 29.5. The Morgan fingerprint density at radius 3 is 0.854 bits per heavy atom. The molecule has 2 nitrogen and oxygen atoms in total. The molecule has 0 spiro atoms. The van der Waals surface area contributed by atoms with Crippen LogP contribution in [0.15, 0.2) is 12.4 Å². The van der Waals surface area contributed by atoms with Gasteiger partial charge in [-0.1, -0.05) is 194 Å². The Hall–Kier alpha value is -0.660. The minimum Gasteiger partial charge on any atom is -0.356 e. The molecule has 0 amide bonds. The lowest BCUT2D eigenvalue weighted by molar-refractivity contribution is 0.135. The summed E-state index contributed by atoms with van der Waals surface area (Å²) >= 11 is 0. The van der Waals surface area contributed by atoms with Gasteiger partial charge in [-0.25, -0.2) is 0 Å². The molecule has 0 radical (unpaired) electrons. The summed E-state index contributed by atoms with van der Waals surface area (Å²) in [5.41, 5.74) is 0. The third kappa shape index (κ3) is 23.5. The van der Waals surface area contributed by atoms with Crippen molar-refractivity contribution in [2.24, 2.45) is 0 Å². The Morgan fingerprint density at radius 2 is 0.561 bits per heavy atom. The maximum Gasteiger partial charge on any atom is 0.101 e. The molecule has 0 fully saturated rings. The lowest BCUT2D eigenvalue weighted by Crippen LogP contribution is -2.39. The van der Waals surface area contributed by atoms with E-state index < -0.39 is 0 Å². The summed E-state index contributed by atoms with van der Waals surface area (Å²) in [5, 5.41) is 0. The van der Waals surface area contributed by atoms with Crippen LogP contribution >= 0.6 is 0 Å². The molecule has 1 aliphatic rings. The summed E-state index contributed by atoms with van der Waals surface area (Å²) in [6.07, 6.45) is 49.9. The van der Waals surface area contributed by atoms with Gasteiger partial charge < -0.3 is 9.80 Å². The molecule has 0 saturated heterocycles. The highest BCUT2D eigenvalue weighted by Crippen LogP contribution is 2.24. The first-order valence-corrected chi connectivity index (χ1v) is 19.5. The molecule has 0 N–H and O–H groups in total. The summed E-state index contributed by atoms with van der Waals surface area (Å²) < 4.78 is 0. The van der Waals surface area contributed by atoms with E-state index >= 15 is 0 Å². The quantitative estimate of drug-likeness (QED) is 0.0719. The summed E-state index contributed by atoms with van der Waals surface area (Å²) in [6.45, 7) is 9.48. The first kappa shape index (κ1) is 38.4. The second-order valence-corrected chi connectivity index (χ2v) is 13.6. The van der Waals surface area contributed by atoms with Gasteiger partial charge in [-0.15, -0.1) is 0 Å². The SMILES string of the molecule is CCCCCCCCCCCCCCCCCN1C=CN(CCCCCCC)C1CCCCCCCCCCCC. The zero-order valence-electron chi connectivity index (χ0n) is 29.0. The summed E-state index contributed by atoms with van der Waals surface area (Å²) in [6, 6.07) is 0. The average Bonchev–Trinajstić information content (AvgIpc) is 3.37. The maximum atomic E-state index is 2.71. The Balaban J connectivity index is 2.14. The van der Waals surface area contributed by atoms with Crippen molar-refractivity contribution in [3.8, 4) is 0 Å². The van der Waals surface area contributed by atoms with Crippen LogP contribution in [0, 0.1) is 0 Å². The van der Waals surface area contributed by atoms with Gasteiger partial charge in [0.2, 0.25) is 0 Å². The van der Waals surface area contributed by atoms with Gasteiger partial charge in [0.1, 0.15) is 6.17 Å². The molecule has 1 unspecified atom stereocenters. The average molecular weight is 575 g/mol. The fourth-order valence-electron chi connectivity index (χ4n) is 6.72.